The Labute approximate surface area is 148 Å². The molecule has 0 unspecified atom stereocenters. The molecule has 2 aromatic rings. The van der Waals surface area contributed by atoms with Crippen molar-refractivity contribution in [2.24, 2.45) is 4.99 Å². The van der Waals surface area contributed by atoms with E-state index in [-0.39, 0.29) is 11.7 Å². The van der Waals surface area contributed by atoms with Gasteiger partial charge >= 0.3 is 0 Å². The van der Waals surface area contributed by atoms with Crippen molar-refractivity contribution in [1.29, 1.82) is 0 Å². The number of thioether (sulfide) groups is 1. The lowest BCUT2D eigenvalue weighted by atomic mass is 10.1. The van der Waals surface area contributed by atoms with E-state index in [0.29, 0.717) is 32.1 Å². The Morgan fingerprint density at radius 2 is 2.04 bits per heavy atom. The minimum absolute atomic E-state index is 0.0163. The third-order valence-corrected chi connectivity index (χ3v) is 4.49. The summed E-state index contributed by atoms with van der Waals surface area (Å²) in [6, 6.07) is 12.2. The normalized spacial score (nSPS) is 17.3. The van der Waals surface area contributed by atoms with Crippen LogP contribution in [0.25, 0.3) is 6.08 Å². The highest BCUT2D eigenvalue weighted by atomic mass is 35.5. The molecule has 2 aromatic carbocycles. The first-order valence-corrected chi connectivity index (χ1v) is 8.18. The summed E-state index contributed by atoms with van der Waals surface area (Å²) in [5, 5.41) is 13.7. The minimum atomic E-state index is -0.284. The van der Waals surface area contributed by atoms with Gasteiger partial charge in [0.2, 0.25) is 0 Å². The number of para-hydroxylation sites is 2. The number of rotatable bonds is 3. The summed E-state index contributed by atoms with van der Waals surface area (Å²) >= 11 is 7.25. The number of hydrogen-bond donors (Lipinski definition) is 2. The number of aliphatic imine (C=N–C) groups is 1. The highest BCUT2D eigenvalue weighted by Gasteiger charge is 2.24. The van der Waals surface area contributed by atoms with Crippen molar-refractivity contribution in [3.05, 3.63) is 58.0 Å². The molecule has 1 aliphatic rings. The molecular formula is C17H13ClN2O3S. The Balaban J connectivity index is 1.89. The molecule has 1 heterocycles. The van der Waals surface area contributed by atoms with E-state index in [2.05, 4.69) is 10.3 Å². The third kappa shape index (κ3) is 3.39. The summed E-state index contributed by atoms with van der Waals surface area (Å²) in [6.07, 6.45) is 1.59. The number of hydrogen-bond acceptors (Lipinski definition) is 5. The van der Waals surface area contributed by atoms with Crippen LogP contribution in [0.3, 0.4) is 0 Å². The molecule has 5 nitrogen and oxygen atoms in total. The number of amides is 1. The number of phenolic OH excluding ortho intramolecular Hbond substituents is 1. The van der Waals surface area contributed by atoms with Crippen molar-refractivity contribution < 1.29 is 14.6 Å². The molecule has 0 spiro atoms. The van der Waals surface area contributed by atoms with Crippen LogP contribution in [0.15, 0.2) is 52.4 Å². The molecule has 0 aromatic heterocycles. The van der Waals surface area contributed by atoms with E-state index in [4.69, 9.17) is 16.3 Å². The number of nitrogens with one attached hydrogen (secondary N) is 1. The maximum atomic E-state index is 12.1. The summed E-state index contributed by atoms with van der Waals surface area (Å²) in [6.45, 7) is 0. The first-order chi connectivity index (χ1) is 11.6. The van der Waals surface area contributed by atoms with Crippen molar-refractivity contribution in [3.8, 4) is 11.5 Å². The van der Waals surface area contributed by atoms with Crippen LogP contribution in [0.1, 0.15) is 5.56 Å². The number of benzene rings is 2. The second-order valence-electron chi connectivity index (χ2n) is 4.83. The van der Waals surface area contributed by atoms with Crippen LogP contribution >= 0.6 is 23.4 Å². The van der Waals surface area contributed by atoms with Gasteiger partial charge in [-0.2, -0.15) is 0 Å². The fourth-order valence-electron chi connectivity index (χ4n) is 2.09. The fraction of sp³-hybridized carbons (Fsp3) is 0.0588. The van der Waals surface area contributed by atoms with Crippen molar-refractivity contribution in [3.63, 3.8) is 0 Å². The number of halogens is 1. The minimum Gasteiger partial charge on any atom is -0.504 e. The van der Waals surface area contributed by atoms with Gasteiger partial charge in [0.15, 0.2) is 16.7 Å². The molecule has 3 rings (SSSR count). The predicted octanol–water partition coefficient (Wildman–Crippen LogP) is 3.95. The molecule has 0 saturated carbocycles. The highest BCUT2D eigenvalue weighted by molar-refractivity contribution is 8.18. The van der Waals surface area contributed by atoms with Crippen LogP contribution in [0.2, 0.25) is 5.02 Å². The SMILES string of the molecule is COc1cccc(C=C2SC(=Nc3ccccc3Cl)NC2=O)c1O. The molecule has 7 heteroatoms. The van der Waals surface area contributed by atoms with E-state index in [1.807, 2.05) is 12.1 Å². The fourth-order valence-corrected chi connectivity index (χ4v) is 3.10. The number of amidine groups is 1. The van der Waals surface area contributed by atoms with Crippen LogP contribution < -0.4 is 10.1 Å². The van der Waals surface area contributed by atoms with E-state index in [1.165, 1.54) is 18.9 Å². The number of carbonyl (C=O) groups is 1. The Morgan fingerprint density at radius 1 is 1.25 bits per heavy atom. The Morgan fingerprint density at radius 3 is 2.79 bits per heavy atom. The number of aromatic hydroxyl groups is 1. The molecule has 1 saturated heterocycles. The molecule has 0 bridgehead atoms. The van der Waals surface area contributed by atoms with Crippen LogP contribution in [-0.2, 0) is 4.79 Å². The van der Waals surface area contributed by atoms with Gasteiger partial charge in [-0.15, -0.1) is 0 Å². The Hall–Kier alpha value is -2.44. The lowest BCUT2D eigenvalue weighted by Crippen LogP contribution is -2.19. The monoisotopic (exact) mass is 360 g/mol. The number of ether oxygens (including phenoxy) is 1. The van der Waals surface area contributed by atoms with E-state index >= 15 is 0 Å². The van der Waals surface area contributed by atoms with Gasteiger partial charge in [-0.25, -0.2) is 4.99 Å². The molecule has 0 radical (unpaired) electrons. The summed E-state index contributed by atoms with van der Waals surface area (Å²) < 4.78 is 5.07. The van der Waals surface area contributed by atoms with Gasteiger partial charge in [0.25, 0.3) is 5.91 Å². The lowest BCUT2D eigenvalue weighted by Gasteiger charge is -2.05. The van der Waals surface area contributed by atoms with Crippen molar-refractivity contribution in [1.82, 2.24) is 5.32 Å². The number of carbonyl (C=O) groups excluding carboxylic acids is 1. The molecule has 1 amide bonds. The lowest BCUT2D eigenvalue weighted by molar-refractivity contribution is -0.115. The second-order valence-corrected chi connectivity index (χ2v) is 6.27. The molecule has 0 aliphatic carbocycles. The quantitative estimate of drug-likeness (QED) is 0.813. The zero-order chi connectivity index (χ0) is 17.1. The van der Waals surface area contributed by atoms with Gasteiger partial charge in [-0.3, -0.25) is 4.79 Å². The van der Waals surface area contributed by atoms with E-state index in [0.717, 1.165) is 0 Å². The van der Waals surface area contributed by atoms with Gasteiger partial charge in [0.05, 0.1) is 22.7 Å². The summed E-state index contributed by atoms with van der Waals surface area (Å²) in [5.41, 5.74) is 1.07. The molecular weight excluding hydrogens is 348 g/mol. The summed E-state index contributed by atoms with van der Waals surface area (Å²) in [4.78, 5) is 16.9. The Kier molecular flexibility index (Phi) is 4.78. The van der Waals surface area contributed by atoms with E-state index < -0.39 is 0 Å². The predicted molar refractivity (Wildman–Crippen MR) is 96.9 cm³/mol. The van der Waals surface area contributed by atoms with Crippen molar-refractivity contribution in [2.75, 3.05) is 7.11 Å². The molecule has 1 aliphatic heterocycles. The molecule has 122 valence electrons. The average Bonchev–Trinajstić information content (AvgIpc) is 2.91. The first kappa shape index (κ1) is 16.4. The third-order valence-electron chi connectivity index (χ3n) is 3.26. The van der Waals surface area contributed by atoms with Crippen LogP contribution in [-0.4, -0.2) is 23.3 Å². The Bertz CT molecular complexity index is 865. The molecule has 24 heavy (non-hydrogen) atoms. The number of phenols is 1. The number of nitrogens with zero attached hydrogens (tertiary/aromatic N) is 1. The summed E-state index contributed by atoms with van der Waals surface area (Å²) in [5.74, 6) is 0.0446. The smallest absolute Gasteiger partial charge is 0.264 e. The zero-order valence-corrected chi connectivity index (χ0v) is 14.2. The van der Waals surface area contributed by atoms with Gasteiger partial charge in [0.1, 0.15) is 0 Å². The topological polar surface area (TPSA) is 70.9 Å². The van der Waals surface area contributed by atoms with Crippen LogP contribution in [0, 0.1) is 0 Å². The van der Waals surface area contributed by atoms with Crippen molar-refractivity contribution >= 4 is 46.2 Å². The molecule has 1 fully saturated rings. The largest absolute Gasteiger partial charge is 0.504 e. The van der Waals surface area contributed by atoms with Crippen LogP contribution in [0.4, 0.5) is 5.69 Å². The molecule has 0 atom stereocenters. The molecule has 2 N–H and O–H groups in total. The second kappa shape index (κ2) is 6.98. The average molecular weight is 361 g/mol. The van der Waals surface area contributed by atoms with E-state index in [1.54, 1.807) is 36.4 Å². The number of methoxy groups -OCH3 is 1. The van der Waals surface area contributed by atoms with Crippen molar-refractivity contribution in [2.45, 2.75) is 0 Å². The van der Waals surface area contributed by atoms with Gasteiger partial charge in [-0.05, 0) is 36.0 Å². The zero-order valence-electron chi connectivity index (χ0n) is 12.6. The maximum absolute atomic E-state index is 12.1. The standard InChI is InChI=1S/C17H13ClN2O3S/c1-23-13-8-4-5-10(15(13)21)9-14-16(22)20-17(24-14)19-12-7-3-2-6-11(12)18/h2-9,21H,1H3,(H,19,20,22). The van der Waals surface area contributed by atoms with E-state index in [9.17, 15) is 9.90 Å². The van der Waals surface area contributed by atoms with Gasteiger partial charge in [0, 0.05) is 5.56 Å². The van der Waals surface area contributed by atoms with Gasteiger partial charge in [-0.1, -0.05) is 35.9 Å². The van der Waals surface area contributed by atoms with Gasteiger partial charge < -0.3 is 15.2 Å². The van der Waals surface area contributed by atoms with Crippen LogP contribution in [0.5, 0.6) is 11.5 Å². The highest BCUT2D eigenvalue weighted by Crippen LogP contribution is 2.35. The first-order valence-electron chi connectivity index (χ1n) is 6.98. The maximum Gasteiger partial charge on any atom is 0.264 e. The summed E-state index contributed by atoms with van der Waals surface area (Å²) in [7, 11) is 1.47.